The van der Waals surface area contributed by atoms with Crippen LogP contribution >= 0.6 is 0 Å². The smallest absolute Gasteiger partial charge is 0.231 e. The molecule has 0 bridgehead atoms. The van der Waals surface area contributed by atoms with Gasteiger partial charge in [-0.15, -0.1) is 0 Å². The van der Waals surface area contributed by atoms with Gasteiger partial charge in [-0.25, -0.2) is 0 Å². The van der Waals surface area contributed by atoms with E-state index in [4.69, 9.17) is 18.9 Å². The number of allylic oxidation sites excluding steroid dienone is 1. The van der Waals surface area contributed by atoms with Gasteiger partial charge in [0.2, 0.25) is 11.5 Å². The van der Waals surface area contributed by atoms with Gasteiger partial charge in [-0.3, -0.25) is 4.79 Å². The van der Waals surface area contributed by atoms with Crippen molar-refractivity contribution in [3.05, 3.63) is 53.3 Å². The molecule has 2 aromatic carbocycles. The molecule has 0 N–H and O–H groups in total. The zero-order valence-corrected chi connectivity index (χ0v) is 13.1. The highest BCUT2D eigenvalue weighted by molar-refractivity contribution is 6.14. The van der Waals surface area contributed by atoms with Gasteiger partial charge in [0.25, 0.3) is 0 Å². The van der Waals surface area contributed by atoms with Crippen molar-refractivity contribution in [2.24, 2.45) is 0 Å². The van der Waals surface area contributed by atoms with Crippen LogP contribution in [0.3, 0.4) is 0 Å². The number of para-hydroxylation sites is 1. The lowest BCUT2D eigenvalue weighted by Crippen LogP contribution is -1.99. The molecule has 0 atom stereocenters. The lowest BCUT2D eigenvalue weighted by Gasteiger charge is -2.13. The third-order valence-corrected chi connectivity index (χ3v) is 3.56. The molecule has 1 aliphatic rings. The molecule has 118 valence electrons. The van der Waals surface area contributed by atoms with Crippen LogP contribution in [0, 0.1) is 0 Å². The Kier molecular flexibility index (Phi) is 3.93. The summed E-state index contributed by atoms with van der Waals surface area (Å²) in [5, 5.41) is 0. The number of carbonyl (C=O) groups excluding carboxylic acids is 1. The highest BCUT2D eigenvalue weighted by atomic mass is 16.5. The number of Topliss-reactive ketones (excluding diaryl/α,β-unsaturated/α-hetero) is 1. The highest BCUT2D eigenvalue weighted by Crippen LogP contribution is 2.39. The fourth-order valence-corrected chi connectivity index (χ4v) is 2.47. The van der Waals surface area contributed by atoms with Crippen LogP contribution < -0.4 is 18.9 Å². The quantitative estimate of drug-likeness (QED) is 0.811. The minimum atomic E-state index is -0.144. The van der Waals surface area contributed by atoms with E-state index in [0.717, 1.165) is 5.56 Å². The van der Waals surface area contributed by atoms with Crippen LogP contribution in [-0.4, -0.2) is 27.1 Å². The van der Waals surface area contributed by atoms with E-state index in [2.05, 4.69) is 0 Å². The SMILES string of the molecule is COc1cc(/C=C2/Oc3ccccc3C2=O)cc(OC)c1OC. The average molecular weight is 312 g/mol. The van der Waals surface area contributed by atoms with Crippen molar-refractivity contribution in [2.75, 3.05) is 21.3 Å². The number of carbonyl (C=O) groups is 1. The minimum absolute atomic E-state index is 0.144. The van der Waals surface area contributed by atoms with E-state index in [1.807, 2.05) is 12.1 Å². The molecule has 0 aromatic heterocycles. The second-order valence-electron chi connectivity index (χ2n) is 4.89. The van der Waals surface area contributed by atoms with Crippen LogP contribution in [0.4, 0.5) is 0 Å². The summed E-state index contributed by atoms with van der Waals surface area (Å²) in [5.74, 6) is 2.22. The van der Waals surface area contributed by atoms with Crippen molar-refractivity contribution < 1.29 is 23.7 Å². The van der Waals surface area contributed by atoms with Gasteiger partial charge < -0.3 is 18.9 Å². The Morgan fingerprint density at radius 2 is 1.61 bits per heavy atom. The Bertz CT molecular complexity index is 767. The molecule has 0 saturated carbocycles. The first-order valence-electron chi connectivity index (χ1n) is 7.01. The molecule has 23 heavy (non-hydrogen) atoms. The molecule has 0 radical (unpaired) electrons. The molecule has 5 nitrogen and oxygen atoms in total. The Labute approximate surface area is 134 Å². The normalized spacial score (nSPS) is 14.4. The summed E-state index contributed by atoms with van der Waals surface area (Å²) in [6.07, 6.45) is 1.66. The molecule has 0 spiro atoms. The number of methoxy groups -OCH3 is 3. The van der Waals surface area contributed by atoms with Crippen LogP contribution in [0.2, 0.25) is 0 Å². The summed E-state index contributed by atoms with van der Waals surface area (Å²) in [7, 11) is 4.63. The van der Waals surface area contributed by atoms with Crippen molar-refractivity contribution in [1.82, 2.24) is 0 Å². The number of ether oxygens (including phenoxy) is 4. The summed E-state index contributed by atoms with van der Waals surface area (Å²) >= 11 is 0. The lowest BCUT2D eigenvalue weighted by atomic mass is 10.1. The largest absolute Gasteiger partial charge is 0.493 e. The van der Waals surface area contributed by atoms with Crippen LogP contribution in [-0.2, 0) is 0 Å². The number of hydrogen-bond donors (Lipinski definition) is 0. The van der Waals surface area contributed by atoms with Crippen molar-refractivity contribution in [3.8, 4) is 23.0 Å². The summed E-state index contributed by atoms with van der Waals surface area (Å²) in [4.78, 5) is 12.4. The Morgan fingerprint density at radius 1 is 0.957 bits per heavy atom. The first-order valence-corrected chi connectivity index (χ1v) is 7.01. The van der Waals surface area contributed by atoms with Crippen LogP contribution in [0.5, 0.6) is 23.0 Å². The number of ketones is 1. The van der Waals surface area contributed by atoms with E-state index in [9.17, 15) is 4.79 Å². The zero-order chi connectivity index (χ0) is 16.4. The lowest BCUT2D eigenvalue weighted by molar-refractivity contribution is 0.101. The van der Waals surface area contributed by atoms with E-state index in [-0.39, 0.29) is 11.5 Å². The third-order valence-electron chi connectivity index (χ3n) is 3.56. The number of rotatable bonds is 4. The van der Waals surface area contributed by atoms with E-state index < -0.39 is 0 Å². The summed E-state index contributed by atoms with van der Waals surface area (Å²) in [5.41, 5.74) is 1.28. The minimum Gasteiger partial charge on any atom is -0.493 e. The first-order chi connectivity index (χ1) is 11.2. The zero-order valence-electron chi connectivity index (χ0n) is 13.1. The fraction of sp³-hybridized carbons (Fsp3) is 0.167. The predicted octanol–water partition coefficient (Wildman–Crippen LogP) is 3.33. The van der Waals surface area contributed by atoms with E-state index >= 15 is 0 Å². The third kappa shape index (κ3) is 2.61. The Hall–Kier alpha value is -2.95. The number of benzene rings is 2. The molecule has 0 fully saturated rings. The second-order valence-corrected chi connectivity index (χ2v) is 4.89. The second kappa shape index (κ2) is 6.04. The molecule has 3 rings (SSSR count). The van der Waals surface area contributed by atoms with Crippen LogP contribution in [0.25, 0.3) is 6.08 Å². The molecule has 5 heteroatoms. The van der Waals surface area contributed by atoms with Gasteiger partial charge in [-0.1, -0.05) is 12.1 Å². The van der Waals surface area contributed by atoms with Crippen molar-refractivity contribution in [2.45, 2.75) is 0 Å². The number of hydrogen-bond acceptors (Lipinski definition) is 5. The van der Waals surface area contributed by atoms with Gasteiger partial charge in [0, 0.05) is 0 Å². The molecule has 0 aliphatic carbocycles. The molecule has 0 saturated heterocycles. The van der Waals surface area contributed by atoms with E-state index in [0.29, 0.717) is 28.6 Å². The van der Waals surface area contributed by atoms with Crippen LogP contribution in [0.1, 0.15) is 15.9 Å². The topological polar surface area (TPSA) is 54.0 Å². The molecular weight excluding hydrogens is 296 g/mol. The molecular formula is C18H16O5. The molecule has 1 heterocycles. The van der Waals surface area contributed by atoms with E-state index in [1.54, 1.807) is 51.7 Å². The summed E-state index contributed by atoms with van der Waals surface area (Å²) < 4.78 is 21.5. The molecule has 0 amide bonds. The Balaban J connectivity index is 2.02. The van der Waals surface area contributed by atoms with Crippen molar-refractivity contribution in [3.63, 3.8) is 0 Å². The Morgan fingerprint density at radius 3 is 2.17 bits per heavy atom. The van der Waals surface area contributed by atoms with Gasteiger partial charge in [0.05, 0.1) is 26.9 Å². The van der Waals surface area contributed by atoms with Gasteiger partial charge in [-0.05, 0) is 35.9 Å². The predicted molar refractivity (Wildman–Crippen MR) is 85.5 cm³/mol. The van der Waals surface area contributed by atoms with Gasteiger partial charge >= 0.3 is 0 Å². The maximum atomic E-state index is 12.4. The summed E-state index contributed by atoms with van der Waals surface area (Å²) in [6.45, 7) is 0. The monoisotopic (exact) mass is 312 g/mol. The average Bonchev–Trinajstić information content (AvgIpc) is 2.90. The summed E-state index contributed by atoms with van der Waals surface area (Å²) in [6, 6.07) is 10.7. The van der Waals surface area contributed by atoms with E-state index in [1.165, 1.54) is 0 Å². The highest BCUT2D eigenvalue weighted by Gasteiger charge is 2.26. The molecule has 2 aromatic rings. The van der Waals surface area contributed by atoms with Gasteiger partial charge in [0.1, 0.15) is 5.75 Å². The van der Waals surface area contributed by atoms with Gasteiger partial charge in [-0.2, -0.15) is 0 Å². The van der Waals surface area contributed by atoms with Crippen molar-refractivity contribution >= 4 is 11.9 Å². The molecule has 1 aliphatic heterocycles. The molecule has 0 unspecified atom stereocenters. The van der Waals surface area contributed by atoms with Gasteiger partial charge in [0.15, 0.2) is 17.3 Å². The maximum absolute atomic E-state index is 12.4. The standard InChI is InChI=1S/C18H16O5/c1-20-15-9-11(10-16(21-2)18(15)22-3)8-14-17(19)12-6-4-5-7-13(12)23-14/h4-10H,1-3H3/b14-8+. The maximum Gasteiger partial charge on any atom is 0.231 e. The number of fused-ring (bicyclic) bond motifs is 1. The fourth-order valence-electron chi connectivity index (χ4n) is 2.47. The first kappa shape index (κ1) is 15.0. The van der Waals surface area contributed by atoms with Crippen molar-refractivity contribution in [1.29, 1.82) is 0 Å². The van der Waals surface area contributed by atoms with Crippen LogP contribution in [0.15, 0.2) is 42.2 Å².